The SMILES string of the molecule is C=CP(c1ccccc1)c1ccccc1.Cc1c(C)c(C)c(C)c(C)c1C.[Cl][Ru][Cl]. The molecule has 162 valence electrons. The zero-order chi connectivity index (χ0) is 22.7. The van der Waals surface area contributed by atoms with Crippen molar-refractivity contribution in [3.8, 4) is 0 Å². The fourth-order valence-corrected chi connectivity index (χ4v) is 4.93. The van der Waals surface area contributed by atoms with Crippen molar-refractivity contribution in [2.75, 3.05) is 0 Å². The van der Waals surface area contributed by atoms with Crippen LogP contribution in [0.25, 0.3) is 0 Å². The Balaban J connectivity index is 0.000000271. The van der Waals surface area contributed by atoms with Crippen molar-refractivity contribution in [1.29, 1.82) is 0 Å². The second-order valence-corrected chi connectivity index (χ2v) is 11.8. The molecule has 0 radical (unpaired) electrons. The Labute approximate surface area is 200 Å². The molecule has 0 fully saturated rings. The van der Waals surface area contributed by atoms with Gasteiger partial charge in [0, 0.05) is 0 Å². The maximum absolute atomic E-state index is 4.85. The molecule has 0 unspecified atom stereocenters. The van der Waals surface area contributed by atoms with Gasteiger partial charge >= 0.3 is 34.5 Å². The van der Waals surface area contributed by atoms with Crippen LogP contribution in [0.5, 0.6) is 0 Å². The first-order valence-corrected chi connectivity index (χ1v) is 15.6. The summed E-state index contributed by atoms with van der Waals surface area (Å²) >= 11 is -0.346. The first-order chi connectivity index (χ1) is 14.3. The molecule has 3 aromatic carbocycles. The van der Waals surface area contributed by atoms with Crippen LogP contribution in [-0.2, 0) is 15.1 Å². The Bertz CT molecular complexity index is 780. The second-order valence-electron chi connectivity index (χ2n) is 7.02. The summed E-state index contributed by atoms with van der Waals surface area (Å²) in [6.45, 7) is 17.2. The number of rotatable bonds is 3. The summed E-state index contributed by atoms with van der Waals surface area (Å²) in [5.41, 5.74) is 8.73. The summed E-state index contributed by atoms with van der Waals surface area (Å²) in [4.78, 5) is 0. The van der Waals surface area contributed by atoms with Gasteiger partial charge in [0.05, 0.1) is 0 Å². The van der Waals surface area contributed by atoms with Gasteiger partial charge in [-0.05, 0) is 93.5 Å². The Morgan fingerprint density at radius 1 is 0.600 bits per heavy atom. The Kier molecular flexibility index (Phi) is 12.8. The summed E-state index contributed by atoms with van der Waals surface area (Å²) in [6, 6.07) is 21.1. The molecule has 0 aliphatic heterocycles. The fourth-order valence-electron chi connectivity index (χ4n) is 3.22. The molecule has 0 spiro atoms. The maximum atomic E-state index is 4.85. The molecule has 0 atom stereocenters. The van der Waals surface area contributed by atoms with Gasteiger partial charge in [-0.3, -0.25) is 0 Å². The Hall–Kier alpha value is -0.967. The molecule has 0 aliphatic rings. The third-order valence-electron chi connectivity index (χ3n) is 5.63. The summed E-state index contributed by atoms with van der Waals surface area (Å²) in [5.74, 6) is 2.06. The van der Waals surface area contributed by atoms with Crippen molar-refractivity contribution in [3.05, 3.63) is 106 Å². The molecule has 0 bridgehead atoms. The van der Waals surface area contributed by atoms with Crippen LogP contribution >= 0.6 is 27.3 Å². The molecule has 30 heavy (non-hydrogen) atoms. The number of halogens is 2. The van der Waals surface area contributed by atoms with E-state index in [9.17, 15) is 0 Å². The Morgan fingerprint density at radius 3 is 1.03 bits per heavy atom. The molecule has 0 saturated heterocycles. The van der Waals surface area contributed by atoms with Crippen molar-refractivity contribution in [2.24, 2.45) is 0 Å². The van der Waals surface area contributed by atoms with Gasteiger partial charge in [0.15, 0.2) is 0 Å². The van der Waals surface area contributed by atoms with Crippen molar-refractivity contribution in [3.63, 3.8) is 0 Å². The summed E-state index contributed by atoms with van der Waals surface area (Å²) in [7, 11) is 9.32. The van der Waals surface area contributed by atoms with Crippen LogP contribution in [0.3, 0.4) is 0 Å². The predicted octanol–water partition coefficient (Wildman–Crippen LogP) is 8.18. The van der Waals surface area contributed by atoms with E-state index in [0.29, 0.717) is 0 Å². The van der Waals surface area contributed by atoms with Crippen LogP contribution < -0.4 is 10.6 Å². The molecule has 0 N–H and O–H groups in total. The first kappa shape index (κ1) is 27.1. The van der Waals surface area contributed by atoms with E-state index < -0.39 is 0 Å². The molecule has 0 nitrogen and oxygen atoms in total. The summed E-state index contributed by atoms with van der Waals surface area (Å²) < 4.78 is 0. The zero-order valence-electron chi connectivity index (χ0n) is 18.6. The van der Waals surface area contributed by atoms with E-state index in [0.717, 1.165) is 0 Å². The molecule has 0 saturated carbocycles. The van der Waals surface area contributed by atoms with Crippen LogP contribution in [0.2, 0.25) is 0 Å². The molecule has 3 rings (SSSR count). The van der Waals surface area contributed by atoms with Gasteiger partial charge in [0.2, 0.25) is 0 Å². The van der Waals surface area contributed by atoms with Crippen LogP contribution in [0, 0.1) is 41.5 Å². The topological polar surface area (TPSA) is 0 Å². The minimum absolute atomic E-state index is 0.346. The van der Waals surface area contributed by atoms with Crippen molar-refractivity contribution >= 4 is 37.9 Å². The number of hydrogen-bond donors (Lipinski definition) is 0. The van der Waals surface area contributed by atoms with Gasteiger partial charge in [-0.15, -0.1) is 0 Å². The normalized spacial score (nSPS) is 10.0. The van der Waals surface area contributed by atoms with Crippen LogP contribution in [0.15, 0.2) is 73.1 Å². The van der Waals surface area contributed by atoms with Gasteiger partial charge in [-0.1, -0.05) is 73.1 Å². The van der Waals surface area contributed by atoms with Gasteiger partial charge < -0.3 is 0 Å². The minimum atomic E-state index is -0.385. The second kappa shape index (κ2) is 14.2. The molecule has 0 amide bonds. The average Bonchev–Trinajstić information content (AvgIpc) is 2.78. The van der Waals surface area contributed by atoms with E-state index in [4.69, 9.17) is 19.4 Å². The van der Waals surface area contributed by atoms with E-state index in [1.54, 1.807) is 0 Å². The van der Waals surface area contributed by atoms with Gasteiger partial charge in [0.25, 0.3) is 0 Å². The van der Waals surface area contributed by atoms with Crippen molar-refractivity contribution in [2.45, 2.75) is 41.5 Å². The zero-order valence-corrected chi connectivity index (χ0v) is 22.8. The van der Waals surface area contributed by atoms with E-state index in [1.807, 2.05) is 12.1 Å². The van der Waals surface area contributed by atoms with Gasteiger partial charge in [-0.2, -0.15) is 0 Å². The van der Waals surface area contributed by atoms with Crippen LogP contribution in [-0.4, -0.2) is 0 Å². The van der Waals surface area contributed by atoms with E-state index >= 15 is 0 Å². The first-order valence-electron chi connectivity index (χ1n) is 9.70. The molecule has 3 aromatic rings. The van der Waals surface area contributed by atoms with Crippen molar-refractivity contribution < 1.29 is 15.1 Å². The third kappa shape index (κ3) is 7.62. The van der Waals surface area contributed by atoms with Gasteiger partial charge in [-0.25, -0.2) is 0 Å². The third-order valence-corrected chi connectivity index (χ3v) is 7.70. The average molecular weight is 546 g/mol. The number of hydrogen-bond acceptors (Lipinski definition) is 0. The molecular weight excluding hydrogens is 515 g/mol. The summed E-state index contributed by atoms with van der Waals surface area (Å²) in [6.07, 6.45) is 0. The number of benzene rings is 3. The van der Waals surface area contributed by atoms with E-state index in [2.05, 4.69) is 102 Å². The fraction of sp³-hybridized carbons (Fsp3) is 0.231. The Morgan fingerprint density at radius 2 is 0.833 bits per heavy atom. The molecule has 4 heteroatoms. The van der Waals surface area contributed by atoms with Gasteiger partial charge in [0.1, 0.15) is 0 Å². The molecule has 0 aromatic heterocycles. The van der Waals surface area contributed by atoms with E-state index in [-0.39, 0.29) is 23.1 Å². The van der Waals surface area contributed by atoms with Crippen LogP contribution in [0.1, 0.15) is 33.4 Å². The molecular formula is C26H31Cl2PRu. The molecule has 0 heterocycles. The quantitative estimate of drug-likeness (QED) is 0.230. The van der Waals surface area contributed by atoms with E-state index in [1.165, 1.54) is 44.0 Å². The molecule has 0 aliphatic carbocycles. The predicted molar refractivity (Wildman–Crippen MR) is 136 cm³/mol. The monoisotopic (exact) mass is 546 g/mol. The summed E-state index contributed by atoms with van der Waals surface area (Å²) in [5, 5.41) is 2.71. The van der Waals surface area contributed by atoms with Crippen LogP contribution in [0.4, 0.5) is 0 Å². The standard InChI is InChI=1S/C14H13P.C12H18.2ClH.Ru/c1-2-15(13-9-5-3-6-10-13)14-11-7-4-8-12-14;1-7-8(2)10(4)12(6)11(5)9(7)3;;;/h2-12H,1H2;1-6H3;2*1H;/q;;;;+2/p-2. The van der Waals surface area contributed by atoms with Crippen molar-refractivity contribution in [1.82, 2.24) is 0 Å².